The lowest BCUT2D eigenvalue weighted by Crippen LogP contribution is -2.35. The van der Waals surface area contributed by atoms with Gasteiger partial charge in [0.15, 0.2) is 5.82 Å². The van der Waals surface area contributed by atoms with Crippen LogP contribution in [0.4, 0.5) is 5.82 Å². The Morgan fingerprint density at radius 3 is 2.72 bits per heavy atom. The summed E-state index contributed by atoms with van der Waals surface area (Å²) in [6.07, 6.45) is 3.93. The Labute approximate surface area is 106 Å². The van der Waals surface area contributed by atoms with Gasteiger partial charge in [-0.3, -0.25) is 9.59 Å². The summed E-state index contributed by atoms with van der Waals surface area (Å²) >= 11 is 0. The van der Waals surface area contributed by atoms with E-state index in [-0.39, 0.29) is 29.4 Å². The zero-order valence-electron chi connectivity index (χ0n) is 10.9. The first-order valence-electron chi connectivity index (χ1n) is 6.09. The molecule has 6 heteroatoms. The summed E-state index contributed by atoms with van der Waals surface area (Å²) < 4.78 is 1.60. The van der Waals surface area contributed by atoms with Crippen molar-refractivity contribution in [3.05, 3.63) is 22.7 Å². The van der Waals surface area contributed by atoms with Gasteiger partial charge in [-0.05, 0) is 20.3 Å². The minimum atomic E-state index is -0.335. The number of rotatable bonds is 3. The molecule has 0 bridgehead atoms. The molecule has 1 amide bonds. The second-order valence-corrected chi connectivity index (χ2v) is 4.83. The van der Waals surface area contributed by atoms with E-state index in [0.717, 1.165) is 0 Å². The largest absolute Gasteiger partial charge is 0.354 e. The zero-order chi connectivity index (χ0) is 13.3. The van der Waals surface area contributed by atoms with Crippen molar-refractivity contribution in [3.63, 3.8) is 0 Å². The second kappa shape index (κ2) is 4.80. The van der Waals surface area contributed by atoms with E-state index in [1.807, 2.05) is 13.8 Å². The quantitative estimate of drug-likeness (QED) is 0.846. The van der Waals surface area contributed by atoms with Crippen LogP contribution >= 0.6 is 0 Å². The van der Waals surface area contributed by atoms with Crippen LogP contribution in [-0.2, 0) is 4.79 Å². The molecule has 0 aliphatic carbocycles. The Hall–Kier alpha value is -1.85. The first-order chi connectivity index (χ1) is 8.50. The lowest BCUT2D eigenvalue weighted by Gasteiger charge is -2.14. The van der Waals surface area contributed by atoms with Crippen molar-refractivity contribution in [2.75, 3.05) is 18.9 Å². The fourth-order valence-electron chi connectivity index (χ4n) is 2.05. The maximum atomic E-state index is 12.1. The number of likely N-dealkylation sites (tertiary alicyclic amines) is 1. The van der Waals surface area contributed by atoms with E-state index < -0.39 is 0 Å². The molecule has 18 heavy (non-hydrogen) atoms. The molecule has 1 unspecified atom stereocenters. The summed E-state index contributed by atoms with van der Waals surface area (Å²) in [7, 11) is 1.76. The van der Waals surface area contributed by atoms with Crippen LogP contribution in [0.25, 0.3) is 0 Å². The molecule has 1 aliphatic rings. The van der Waals surface area contributed by atoms with Gasteiger partial charge in [0.25, 0.3) is 5.56 Å². The Kier molecular flexibility index (Phi) is 3.36. The van der Waals surface area contributed by atoms with Gasteiger partial charge >= 0.3 is 0 Å². The number of carbonyl (C=O) groups excluding carboxylic acids is 1. The van der Waals surface area contributed by atoms with Crippen molar-refractivity contribution in [1.82, 2.24) is 14.5 Å². The lowest BCUT2D eigenvalue weighted by molar-refractivity contribution is -0.127. The highest BCUT2D eigenvalue weighted by Gasteiger charge is 2.29. The number of nitrogens with one attached hydrogen (secondary N) is 1. The summed E-state index contributed by atoms with van der Waals surface area (Å²) in [4.78, 5) is 29.5. The van der Waals surface area contributed by atoms with E-state index in [2.05, 4.69) is 10.3 Å². The standard InChI is InChI=1S/C12H18N4O2/c1-8(2)16-7-5-13-10(12(16)18)14-9-4-6-15(3)11(9)17/h5,7-9H,4,6H2,1-3H3,(H,13,14). The van der Waals surface area contributed by atoms with E-state index in [1.165, 1.54) is 0 Å². The molecule has 0 spiro atoms. The van der Waals surface area contributed by atoms with Crippen molar-refractivity contribution in [2.45, 2.75) is 32.4 Å². The second-order valence-electron chi connectivity index (χ2n) is 4.83. The molecule has 0 radical (unpaired) electrons. The summed E-state index contributed by atoms with van der Waals surface area (Å²) in [6.45, 7) is 4.57. The SMILES string of the molecule is CC(C)n1ccnc(NC2CCN(C)C2=O)c1=O. The Morgan fingerprint density at radius 2 is 2.17 bits per heavy atom. The molecule has 2 rings (SSSR count). The third-order valence-corrected chi connectivity index (χ3v) is 3.16. The monoisotopic (exact) mass is 250 g/mol. The van der Waals surface area contributed by atoms with Gasteiger partial charge in [-0.2, -0.15) is 0 Å². The number of anilines is 1. The van der Waals surface area contributed by atoms with Crippen LogP contribution in [0.3, 0.4) is 0 Å². The van der Waals surface area contributed by atoms with Gasteiger partial charge in [-0.15, -0.1) is 0 Å². The smallest absolute Gasteiger partial charge is 0.293 e. The third kappa shape index (κ3) is 2.23. The molecule has 0 saturated carbocycles. The van der Waals surface area contributed by atoms with Crippen molar-refractivity contribution in [2.24, 2.45) is 0 Å². The van der Waals surface area contributed by atoms with E-state index >= 15 is 0 Å². The summed E-state index contributed by atoms with van der Waals surface area (Å²) in [5, 5.41) is 2.95. The van der Waals surface area contributed by atoms with Gasteiger partial charge in [0.05, 0.1) is 0 Å². The number of nitrogens with zero attached hydrogens (tertiary/aromatic N) is 3. The van der Waals surface area contributed by atoms with E-state index in [1.54, 1.807) is 28.9 Å². The molecular weight excluding hydrogens is 232 g/mol. The number of hydrogen-bond acceptors (Lipinski definition) is 4. The van der Waals surface area contributed by atoms with Crippen LogP contribution in [0.5, 0.6) is 0 Å². The topological polar surface area (TPSA) is 67.2 Å². The van der Waals surface area contributed by atoms with Gasteiger partial charge < -0.3 is 14.8 Å². The molecule has 1 atom stereocenters. The fraction of sp³-hybridized carbons (Fsp3) is 0.583. The molecule has 1 N–H and O–H groups in total. The number of aromatic nitrogens is 2. The van der Waals surface area contributed by atoms with Crippen molar-refractivity contribution >= 4 is 11.7 Å². The number of carbonyl (C=O) groups is 1. The van der Waals surface area contributed by atoms with Gasteiger partial charge in [-0.25, -0.2) is 4.98 Å². The van der Waals surface area contributed by atoms with E-state index in [0.29, 0.717) is 13.0 Å². The van der Waals surface area contributed by atoms with E-state index in [4.69, 9.17) is 0 Å². The summed E-state index contributed by atoms with van der Waals surface area (Å²) in [5.41, 5.74) is -0.185. The fourth-order valence-corrected chi connectivity index (χ4v) is 2.05. The Morgan fingerprint density at radius 1 is 1.44 bits per heavy atom. The average Bonchev–Trinajstić information content (AvgIpc) is 2.63. The Balaban J connectivity index is 2.23. The van der Waals surface area contributed by atoms with Crippen LogP contribution < -0.4 is 10.9 Å². The van der Waals surface area contributed by atoms with Gasteiger partial charge in [0.1, 0.15) is 6.04 Å². The molecule has 1 saturated heterocycles. The number of hydrogen-bond donors (Lipinski definition) is 1. The minimum absolute atomic E-state index is 0.0103. The van der Waals surface area contributed by atoms with Crippen molar-refractivity contribution in [1.29, 1.82) is 0 Å². The number of amides is 1. The first-order valence-corrected chi connectivity index (χ1v) is 6.09. The zero-order valence-corrected chi connectivity index (χ0v) is 10.9. The predicted octanol–water partition coefficient (Wildman–Crippen LogP) is 0.467. The summed E-state index contributed by atoms with van der Waals surface area (Å²) in [6, 6.07) is -0.263. The van der Waals surface area contributed by atoms with Gasteiger partial charge in [0.2, 0.25) is 5.91 Å². The highest BCUT2D eigenvalue weighted by molar-refractivity contribution is 5.86. The van der Waals surface area contributed by atoms with Crippen molar-refractivity contribution in [3.8, 4) is 0 Å². The highest BCUT2D eigenvalue weighted by atomic mass is 16.2. The highest BCUT2D eigenvalue weighted by Crippen LogP contribution is 2.12. The van der Waals surface area contributed by atoms with Crippen LogP contribution in [0, 0.1) is 0 Å². The number of likely N-dealkylation sites (N-methyl/N-ethyl adjacent to an activating group) is 1. The van der Waals surface area contributed by atoms with Crippen molar-refractivity contribution < 1.29 is 4.79 Å². The van der Waals surface area contributed by atoms with Crippen LogP contribution in [0.1, 0.15) is 26.3 Å². The normalized spacial score (nSPS) is 19.7. The molecular formula is C12H18N4O2. The molecule has 1 aliphatic heterocycles. The molecule has 1 fully saturated rings. The molecule has 0 aromatic carbocycles. The molecule has 1 aromatic rings. The minimum Gasteiger partial charge on any atom is -0.354 e. The van der Waals surface area contributed by atoms with Gasteiger partial charge in [0, 0.05) is 32.0 Å². The average molecular weight is 250 g/mol. The van der Waals surface area contributed by atoms with Crippen LogP contribution in [0.2, 0.25) is 0 Å². The maximum absolute atomic E-state index is 12.1. The first kappa shape index (κ1) is 12.6. The molecule has 6 nitrogen and oxygen atoms in total. The molecule has 2 heterocycles. The molecule has 1 aromatic heterocycles. The maximum Gasteiger partial charge on any atom is 0.293 e. The van der Waals surface area contributed by atoms with Gasteiger partial charge in [-0.1, -0.05) is 0 Å². The Bertz CT molecular complexity index is 509. The van der Waals surface area contributed by atoms with Crippen LogP contribution in [-0.4, -0.2) is 40.0 Å². The van der Waals surface area contributed by atoms with E-state index in [9.17, 15) is 9.59 Å². The molecule has 98 valence electrons. The lowest BCUT2D eigenvalue weighted by atomic mass is 10.2. The third-order valence-electron chi connectivity index (χ3n) is 3.16. The summed E-state index contributed by atoms with van der Waals surface area (Å²) in [5.74, 6) is 0.260. The predicted molar refractivity (Wildman–Crippen MR) is 68.5 cm³/mol. The van der Waals surface area contributed by atoms with Crippen LogP contribution in [0.15, 0.2) is 17.2 Å².